The van der Waals surface area contributed by atoms with E-state index in [1.165, 1.54) is 41.7 Å². The maximum absolute atomic E-state index is 15.1. The number of fused-ring (bicyclic) bond motifs is 1. The first-order chi connectivity index (χ1) is 53.5. The number of benzene rings is 3. The molecule has 1 fully saturated rings. The number of H-pyrrole nitrogens is 2. The van der Waals surface area contributed by atoms with Crippen LogP contribution in [0, 0.1) is 11.3 Å². The Labute approximate surface area is 647 Å². The molecule has 24 N–H and O–H groups in total. The summed E-state index contributed by atoms with van der Waals surface area (Å²) in [6, 6.07) is 5.55. The van der Waals surface area contributed by atoms with Gasteiger partial charge in [0.1, 0.15) is 72.2 Å². The van der Waals surface area contributed by atoms with Crippen LogP contribution in [0.3, 0.4) is 0 Å². The van der Waals surface area contributed by atoms with Gasteiger partial charge in [0.25, 0.3) is 0 Å². The number of aromatic hydroxyl groups is 1. The van der Waals surface area contributed by atoms with Crippen molar-refractivity contribution in [3.8, 4) is 5.75 Å². The largest absolute Gasteiger partial charge is 0.508 e. The first kappa shape index (κ1) is 88.9. The summed E-state index contributed by atoms with van der Waals surface area (Å²) in [5.41, 5.74) is 19.4. The Balaban J connectivity index is 1.25. The van der Waals surface area contributed by atoms with Gasteiger partial charge in [-0.15, -0.1) is 0 Å². The van der Waals surface area contributed by atoms with Gasteiger partial charge in [0.05, 0.1) is 25.2 Å². The highest BCUT2D eigenvalue weighted by Gasteiger charge is 2.41. The summed E-state index contributed by atoms with van der Waals surface area (Å²) in [4.78, 5) is 206. The highest BCUT2D eigenvalue weighted by atomic mass is 16.4. The molecule has 2 aromatic heterocycles. The van der Waals surface area contributed by atoms with Crippen LogP contribution >= 0.6 is 0 Å². The van der Waals surface area contributed by atoms with E-state index >= 15 is 14.4 Å². The summed E-state index contributed by atoms with van der Waals surface area (Å²) >= 11 is 0. The molecule has 608 valence electrons. The SMILES string of the molecule is CCCC[C@H](NC(=O)[C@H](CO)NC(=O)[C@H](Cc1ccc(O)cc1)NC(C)=O)C(=O)N[C@@H](CCC(=O)O)C(=O)N[C@@H](Cc1c[nH]cn1)C(=O)N[C@@H](Cc1ccccc1)C(=O)N[C@@H](CCCNC(=N)N)C(=O)N[C@@H](Cc1c[nH]c2ccccc12)C(=O)NCC(=O)N[C@@H](CCCCN)C(=O)N1CCC[C@H]1C(=O)N[C@H](C(N)=O)C(C)C. The molecule has 0 radical (unpaired) electrons. The first-order valence-electron chi connectivity index (χ1n) is 37.3. The minimum Gasteiger partial charge on any atom is -0.508 e. The van der Waals surface area contributed by atoms with Crippen molar-refractivity contribution < 1.29 is 82.4 Å². The second-order valence-electron chi connectivity index (χ2n) is 27.8. The summed E-state index contributed by atoms with van der Waals surface area (Å²) in [7, 11) is 0. The number of carbonyl (C=O) groups excluding carboxylic acids is 13. The van der Waals surface area contributed by atoms with Gasteiger partial charge in [-0.25, -0.2) is 4.98 Å². The van der Waals surface area contributed by atoms with Crippen LogP contribution in [0.2, 0.25) is 0 Å². The van der Waals surface area contributed by atoms with E-state index in [0.29, 0.717) is 59.7 Å². The number of rotatable bonds is 47. The number of likely N-dealkylation sites (tertiary alicyclic amines) is 1. The Bertz CT molecular complexity index is 4030. The van der Waals surface area contributed by atoms with E-state index in [9.17, 15) is 68.1 Å². The number of aliphatic hydroxyl groups is 1. The summed E-state index contributed by atoms with van der Waals surface area (Å²) < 4.78 is 0. The zero-order valence-electron chi connectivity index (χ0n) is 63.2. The number of nitrogens with zero attached hydrogens (tertiary/aromatic N) is 2. The number of phenols is 1. The molecule has 3 heterocycles. The van der Waals surface area contributed by atoms with Crippen LogP contribution in [-0.4, -0.2) is 223 Å². The number of phenolic OH excluding ortho intramolecular Hbond substituents is 1. The van der Waals surface area contributed by atoms with Gasteiger partial charge in [0, 0.05) is 75.4 Å². The molecule has 13 amide bonds. The molecule has 3 aromatic carbocycles. The molecule has 0 bridgehead atoms. The molecule has 37 nitrogen and oxygen atoms in total. The number of carboxylic acids is 1. The third-order valence-electron chi connectivity index (χ3n) is 18.6. The van der Waals surface area contributed by atoms with Crippen LogP contribution in [0.25, 0.3) is 10.9 Å². The van der Waals surface area contributed by atoms with E-state index in [2.05, 4.69) is 78.8 Å². The molecule has 112 heavy (non-hydrogen) atoms. The lowest BCUT2D eigenvalue weighted by Gasteiger charge is -2.30. The van der Waals surface area contributed by atoms with Crippen molar-refractivity contribution in [2.24, 2.45) is 23.1 Å². The van der Waals surface area contributed by atoms with Crippen LogP contribution in [0.15, 0.2) is 97.6 Å². The van der Waals surface area contributed by atoms with Gasteiger partial charge >= 0.3 is 5.97 Å². The average molecular weight is 1560 g/mol. The zero-order valence-corrected chi connectivity index (χ0v) is 63.2. The number of unbranched alkanes of at least 4 members (excludes halogenated alkanes) is 2. The van der Waals surface area contributed by atoms with Gasteiger partial charge in [-0.3, -0.25) is 72.5 Å². The van der Waals surface area contributed by atoms with Gasteiger partial charge in [0.2, 0.25) is 76.8 Å². The number of carboxylic acid groups (broad SMARTS) is 1. The number of aromatic amines is 2. The summed E-state index contributed by atoms with van der Waals surface area (Å²) in [6.45, 7) is 5.09. The average Bonchev–Trinajstić information content (AvgIpc) is 1.66. The lowest BCUT2D eigenvalue weighted by atomic mass is 10.0. The number of aromatic nitrogens is 3. The molecule has 37 heteroatoms. The maximum Gasteiger partial charge on any atom is 0.303 e. The third-order valence-corrected chi connectivity index (χ3v) is 18.6. The molecule has 0 spiro atoms. The Morgan fingerprint density at radius 1 is 0.589 bits per heavy atom. The van der Waals surface area contributed by atoms with E-state index in [0.717, 1.165) is 6.92 Å². The first-order valence-corrected chi connectivity index (χ1v) is 37.3. The van der Waals surface area contributed by atoms with Crippen LogP contribution in [0.4, 0.5) is 0 Å². The van der Waals surface area contributed by atoms with Crippen LogP contribution < -0.4 is 81.0 Å². The molecule has 6 rings (SSSR count). The number of imidazole rings is 1. The number of amides is 13. The number of primary amides is 1. The van der Waals surface area contributed by atoms with Crippen LogP contribution in [-0.2, 0) is 92.8 Å². The van der Waals surface area contributed by atoms with E-state index in [1.54, 1.807) is 81.6 Å². The molecule has 1 aliphatic rings. The second kappa shape index (κ2) is 45.2. The number of hydrogen-bond donors (Lipinski definition) is 21. The minimum atomic E-state index is -1.74. The smallest absolute Gasteiger partial charge is 0.303 e. The molecule has 0 unspecified atom stereocenters. The molecule has 1 saturated heterocycles. The second-order valence-corrected chi connectivity index (χ2v) is 27.8. The van der Waals surface area contributed by atoms with Gasteiger partial charge in [-0.05, 0) is 105 Å². The zero-order chi connectivity index (χ0) is 82.0. The van der Waals surface area contributed by atoms with Gasteiger partial charge in [-0.2, -0.15) is 0 Å². The van der Waals surface area contributed by atoms with E-state index in [1.807, 2.05) is 0 Å². The molecule has 1 aliphatic heterocycles. The van der Waals surface area contributed by atoms with E-state index < -0.39 is 181 Å². The number of para-hydroxylation sites is 1. The number of carbonyl (C=O) groups is 14. The predicted molar refractivity (Wildman–Crippen MR) is 409 cm³/mol. The minimum absolute atomic E-state index is 0.0101. The molecular weight excluding hydrogens is 1450 g/mol. The van der Waals surface area contributed by atoms with Crippen molar-refractivity contribution in [3.05, 3.63) is 120 Å². The third kappa shape index (κ3) is 28.8. The highest BCUT2D eigenvalue weighted by molar-refractivity contribution is 6.00. The van der Waals surface area contributed by atoms with Crippen molar-refractivity contribution in [2.75, 3.05) is 32.8 Å². The normalized spacial score (nSPS) is 15.2. The van der Waals surface area contributed by atoms with Crippen molar-refractivity contribution >= 4 is 99.6 Å². The molecular formula is C75H106N20O17. The Kier molecular flexibility index (Phi) is 35.9. The maximum atomic E-state index is 15.1. The lowest BCUT2D eigenvalue weighted by Crippen LogP contribution is -2.61. The molecule has 11 atom stereocenters. The van der Waals surface area contributed by atoms with Crippen molar-refractivity contribution in [3.63, 3.8) is 0 Å². The number of aliphatic carboxylic acids is 1. The number of nitrogens with two attached hydrogens (primary N) is 3. The fourth-order valence-corrected chi connectivity index (χ4v) is 12.6. The Morgan fingerprint density at radius 2 is 1.12 bits per heavy atom. The summed E-state index contributed by atoms with van der Waals surface area (Å²) in [5.74, 6) is -13.4. The van der Waals surface area contributed by atoms with Gasteiger partial charge < -0.3 is 111 Å². The summed E-state index contributed by atoms with van der Waals surface area (Å²) in [5, 5.41) is 69.7. The van der Waals surface area contributed by atoms with Gasteiger partial charge in [0.15, 0.2) is 5.96 Å². The standard InChI is InChI=1S/C75H106N20O17/c1-5-6-19-51(88-72(110)59(40-96)93-69(107)55(85-43(4)97)34-45-24-26-48(98)27-25-45)66(104)89-53(28-29-62(100)101)68(106)92-58(36-47-38-80-41-84-47)71(109)90-56(33-44-16-8-7-9-17-44)70(108)87-52(22-14-31-81-75(78)79)67(105)91-57(35-46-37-82-50-20-11-10-18-49(46)50)65(103)83-39-61(99)86-54(21-12-13-30-76)74(112)95-32-15-23-60(95)73(111)94-63(42(2)3)64(77)102/h7-11,16-18,20,24-27,37-38,41-42,51-60,63,82,96,98H,5-6,12-15,19,21-23,28-36,39-40,76H2,1-4H3,(H2,77,102)(H,80,84)(H,83,103)(H,85,97)(H,86,99)(H,87,108)(H,88,110)(H,89,104)(H,90,109)(H,91,105)(H,92,106)(H,93,107)(H,94,111)(H,100,101)(H4,78,79,81)/t51-,52-,53-,54-,55-,56-,57-,58-,59-,60-,63-/m0/s1. The highest BCUT2D eigenvalue weighted by Crippen LogP contribution is 2.23. The summed E-state index contributed by atoms with van der Waals surface area (Å²) in [6.07, 6.45) is 4.35. The molecule has 0 saturated carbocycles. The number of nitrogens with one attached hydrogen (secondary N) is 15. The van der Waals surface area contributed by atoms with Crippen LogP contribution in [0.5, 0.6) is 5.75 Å². The predicted octanol–water partition coefficient (Wildman–Crippen LogP) is -2.58. The van der Waals surface area contributed by atoms with E-state index in [4.69, 9.17) is 22.6 Å². The van der Waals surface area contributed by atoms with Crippen molar-refractivity contribution in [2.45, 2.75) is 197 Å². The lowest BCUT2D eigenvalue weighted by molar-refractivity contribution is -0.142. The topological polar surface area (TPSA) is 594 Å². The van der Waals surface area contributed by atoms with Crippen molar-refractivity contribution in [1.82, 2.24) is 83.7 Å². The molecule has 0 aliphatic carbocycles. The van der Waals surface area contributed by atoms with Gasteiger partial charge in [-0.1, -0.05) is 94.3 Å². The fourth-order valence-electron chi connectivity index (χ4n) is 12.6. The van der Waals surface area contributed by atoms with E-state index in [-0.39, 0.29) is 94.8 Å². The monoisotopic (exact) mass is 1560 g/mol. The van der Waals surface area contributed by atoms with Crippen molar-refractivity contribution in [1.29, 1.82) is 5.41 Å². The quantitative estimate of drug-likeness (QED) is 0.0108. The Morgan fingerprint density at radius 3 is 1.69 bits per heavy atom. The number of aliphatic hydroxyl groups excluding tert-OH is 1. The Hall–Kier alpha value is -12.0. The number of hydrogen-bond acceptors (Lipinski definition) is 19. The van der Waals surface area contributed by atoms with Crippen LogP contribution in [0.1, 0.15) is 127 Å². The molecule has 5 aromatic rings. The fraction of sp³-hybridized carbons (Fsp3) is 0.493. The number of guanidine groups is 1.